The first kappa shape index (κ1) is 22.0. The lowest BCUT2D eigenvalue weighted by Gasteiger charge is -2.16. The van der Waals surface area contributed by atoms with E-state index in [0.29, 0.717) is 5.69 Å². The number of nitrogens with one attached hydrogen (secondary N) is 1. The highest BCUT2D eigenvalue weighted by Gasteiger charge is 2.38. The summed E-state index contributed by atoms with van der Waals surface area (Å²) in [5, 5.41) is 3.79. The summed E-state index contributed by atoms with van der Waals surface area (Å²) in [6, 6.07) is 16.9. The molecule has 0 aliphatic heterocycles. The van der Waals surface area contributed by atoms with E-state index < -0.39 is 17.7 Å². The Hall–Kier alpha value is -3.74. The molecule has 7 heteroatoms. The molecule has 0 fully saturated rings. The zero-order chi connectivity index (χ0) is 22.5. The van der Waals surface area contributed by atoms with Gasteiger partial charge < -0.3 is 9.47 Å². The first-order valence-corrected chi connectivity index (χ1v) is 9.79. The molecule has 31 heavy (non-hydrogen) atoms. The molecule has 0 heterocycles. The highest BCUT2D eigenvalue weighted by atomic mass is 16.5. The number of methoxy groups -OCH3 is 2. The number of esters is 2. The molecule has 0 saturated carbocycles. The number of hydrazone groups is 1. The molecule has 0 radical (unpaired) electrons. The Kier molecular flexibility index (Phi) is 6.65. The van der Waals surface area contributed by atoms with Gasteiger partial charge in [0.15, 0.2) is 5.78 Å². The molecule has 2 aromatic carbocycles. The van der Waals surface area contributed by atoms with Crippen LogP contribution in [0.3, 0.4) is 0 Å². The lowest BCUT2D eigenvalue weighted by atomic mass is 9.86. The Labute approximate surface area is 180 Å². The summed E-state index contributed by atoms with van der Waals surface area (Å²) < 4.78 is 9.07. The van der Waals surface area contributed by atoms with Crippen molar-refractivity contribution in [3.63, 3.8) is 0 Å². The third-order valence-electron chi connectivity index (χ3n) is 5.49. The molecule has 1 aliphatic carbocycles. The Bertz CT molecular complexity index is 1040. The molecule has 0 amide bonds. The lowest BCUT2D eigenvalue weighted by molar-refractivity contribution is -0.138. The third kappa shape index (κ3) is 4.40. The van der Waals surface area contributed by atoms with E-state index in [-0.39, 0.29) is 17.6 Å². The summed E-state index contributed by atoms with van der Waals surface area (Å²) in [5.41, 5.74) is 6.27. The standard InChI is InChI=1S/C24H24N2O5/c1-14-15(2)20(22(27)19(14)16-8-6-5-7-9-16)17-10-12-18(13-11-17)25-26-21(23(28)30-3)24(29)31-4/h5-14,19,25H,1-4H3. The van der Waals surface area contributed by atoms with Gasteiger partial charge in [0.1, 0.15) is 0 Å². The maximum Gasteiger partial charge on any atom is 0.366 e. The van der Waals surface area contributed by atoms with Crippen molar-refractivity contribution in [2.45, 2.75) is 19.8 Å². The molecule has 1 aliphatic rings. The van der Waals surface area contributed by atoms with Crippen LogP contribution in [0.25, 0.3) is 5.57 Å². The van der Waals surface area contributed by atoms with Crippen molar-refractivity contribution < 1.29 is 23.9 Å². The topological polar surface area (TPSA) is 94.1 Å². The Morgan fingerprint density at radius 3 is 2.06 bits per heavy atom. The highest BCUT2D eigenvalue weighted by molar-refractivity contribution is 6.62. The van der Waals surface area contributed by atoms with Gasteiger partial charge in [0.2, 0.25) is 0 Å². The number of carbonyl (C=O) groups is 3. The average molecular weight is 420 g/mol. The lowest BCUT2D eigenvalue weighted by Crippen LogP contribution is -2.27. The number of nitrogens with zero attached hydrogens (tertiary/aromatic N) is 1. The van der Waals surface area contributed by atoms with Gasteiger partial charge in [-0.25, -0.2) is 9.59 Å². The van der Waals surface area contributed by atoms with Crippen LogP contribution in [0.4, 0.5) is 5.69 Å². The second kappa shape index (κ2) is 9.38. The Balaban J connectivity index is 1.83. The van der Waals surface area contributed by atoms with Gasteiger partial charge in [0, 0.05) is 5.57 Å². The largest absolute Gasteiger partial charge is 0.464 e. The second-order valence-electron chi connectivity index (χ2n) is 7.23. The summed E-state index contributed by atoms with van der Waals surface area (Å²) >= 11 is 0. The summed E-state index contributed by atoms with van der Waals surface area (Å²) in [4.78, 5) is 36.6. The fourth-order valence-electron chi connectivity index (χ4n) is 3.72. The second-order valence-corrected chi connectivity index (χ2v) is 7.23. The van der Waals surface area contributed by atoms with E-state index in [1.54, 1.807) is 12.1 Å². The number of carbonyl (C=O) groups excluding carboxylic acids is 3. The van der Waals surface area contributed by atoms with Gasteiger partial charge in [-0.3, -0.25) is 10.2 Å². The van der Waals surface area contributed by atoms with E-state index in [9.17, 15) is 14.4 Å². The first-order chi connectivity index (χ1) is 14.9. The molecule has 3 rings (SSSR count). The van der Waals surface area contributed by atoms with Crippen LogP contribution in [0.2, 0.25) is 0 Å². The van der Waals surface area contributed by atoms with E-state index in [1.165, 1.54) is 0 Å². The molecule has 0 aromatic heterocycles. The fraction of sp³-hybridized carbons (Fsp3) is 0.250. The van der Waals surface area contributed by atoms with Gasteiger partial charge in [-0.05, 0) is 36.1 Å². The Morgan fingerprint density at radius 2 is 1.52 bits per heavy atom. The predicted octanol–water partition coefficient (Wildman–Crippen LogP) is 3.58. The fourth-order valence-corrected chi connectivity index (χ4v) is 3.72. The van der Waals surface area contributed by atoms with E-state index >= 15 is 0 Å². The Morgan fingerprint density at radius 1 is 0.935 bits per heavy atom. The minimum Gasteiger partial charge on any atom is -0.464 e. The molecular weight excluding hydrogens is 396 g/mol. The van der Waals surface area contributed by atoms with Crippen molar-refractivity contribution in [2.75, 3.05) is 19.6 Å². The van der Waals surface area contributed by atoms with E-state index in [0.717, 1.165) is 36.5 Å². The minimum atomic E-state index is -0.908. The van der Waals surface area contributed by atoms with Crippen LogP contribution in [0.15, 0.2) is 65.3 Å². The van der Waals surface area contributed by atoms with Crippen LogP contribution in [0, 0.1) is 5.92 Å². The van der Waals surface area contributed by atoms with E-state index in [4.69, 9.17) is 0 Å². The molecule has 2 atom stereocenters. The summed E-state index contributed by atoms with van der Waals surface area (Å²) in [7, 11) is 2.29. The zero-order valence-corrected chi connectivity index (χ0v) is 17.8. The number of hydrogen-bond acceptors (Lipinski definition) is 7. The molecule has 160 valence electrons. The van der Waals surface area contributed by atoms with Gasteiger partial charge in [-0.1, -0.05) is 55.0 Å². The summed E-state index contributed by atoms with van der Waals surface area (Å²) in [6.45, 7) is 4.07. The van der Waals surface area contributed by atoms with Crippen molar-refractivity contribution in [1.82, 2.24) is 0 Å². The number of ether oxygens (including phenoxy) is 2. The number of ketones is 1. The maximum atomic E-state index is 13.2. The van der Waals surface area contributed by atoms with Gasteiger partial charge in [0.25, 0.3) is 5.71 Å². The molecule has 0 saturated heterocycles. The van der Waals surface area contributed by atoms with Gasteiger partial charge in [-0.15, -0.1) is 0 Å². The van der Waals surface area contributed by atoms with Crippen molar-refractivity contribution in [1.29, 1.82) is 0 Å². The number of benzene rings is 2. The molecule has 1 N–H and O–H groups in total. The quantitative estimate of drug-likeness (QED) is 0.332. The van der Waals surface area contributed by atoms with Crippen LogP contribution in [0.1, 0.15) is 30.9 Å². The SMILES string of the molecule is COC(=O)C(=NNc1ccc(C2=C(C)C(C)C(c3ccccc3)C2=O)cc1)C(=O)OC. The summed E-state index contributed by atoms with van der Waals surface area (Å²) in [5.74, 6) is -1.80. The minimum absolute atomic E-state index is 0.105. The molecule has 0 bridgehead atoms. The van der Waals surface area contributed by atoms with Crippen LogP contribution >= 0.6 is 0 Å². The van der Waals surface area contributed by atoms with Crippen LogP contribution in [-0.2, 0) is 23.9 Å². The molecular formula is C24H24N2O5. The van der Waals surface area contributed by atoms with E-state index in [1.807, 2.05) is 49.4 Å². The van der Waals surface area contributed by atoms with Crippen LogP contribution in [-0.4, -0.2) is 37.7 Å². The zero-order valence-electron chi connectivity index (χ0n) is 17.8. The normalized spacial score (nSPS) is 17.9. The number of anilines is 1. The van der Waals surface area contributed by atoms with Crippen molar-refractivity contribution in [3.8, 4) is 0 Å². The van der Waals surface area contributed by atoms with Crippen molar-refractivity contribution in [3.05, 3.63) is 71.3 Å². The average Bonchev–Trinajstić information content (AvgIpc) is 3.02. The molecule has 7 nitrogen and oxygen atoms in total. The number of hydrogen-bond donors (Lipinski definition) is 1. The van der Waals surface area contributed by atoms with Crippen molar-refractivity contribution in [2.24, 2.45) is 11.0 Å². The van der Waals surface area contributed by atoms with Crippen LogP contribution in [0.5, 0.6) is 0 Å². The third-order valence-corrected chi connectivity index (χ3v) is 5.49. The van der Waals surface area contributed by atoms with E-state index in [2.05, 4.69) is 26.9 Å². The molecule has 2 unspecified atom stereocenters. The maximum absolute atomic E-state index is 13.2. The first-order valence-electron chi connectivity index (χ1n) is 9.79. The number of rotatable bonds is 6. The predicted molar refractivity (Wildman–Crippen MR) is 117 cm³/mol. The molecule has 0 spiro atoms. The number of allylic oxidation sites excluding steroid dienone is 2. The van der Waals surface area contributed by atoms with Gasteiger partial charge >= 0.3 is 11.9 Å². The smallest absolute Gasteiger partial charge is 0.366 e. The highest BCUT2D eigenvalue weighted by Crippen LogP contribution is 2.44. The summed E-state index contributed by atoms with van der Waals surface area (Å²) in [6.07, 6.45) is 0. The molecule has 2 aromatic rings. The van der Waals surface area contributed by atoms with Gasteiger partial charge in [-0.2, -0.15) is 5.10 Å². The number of Topliss-reactive ketones (excluding diaryl/α,β-unsaturated/α-hetero) is 1. The van der Waals surface area contributed by atoms with Crippen LogP contribution < -0.4 is 5.43 Å². The van der Waals surface area contributed by atoms with Gasteiger partial charge in [0.05, 0.1) is 25.8 Å². The van der Waals surface area contributed by atoms with Crippen molar-refractivity contribution >= 4 is 34.7 Å². The monoisotopic (exact) mass is 420 g/mol.